The van der Waals surface area contributed by atoms with E-state index in [4.69, 9.17) is 11.6 Å². The van der Waals surface area contributed by atoms with Gasteiger partial charge in [0.15, 0.2) is 0 Å². The molecule has 1 aromatic carbocycles. The van der Waals surface area contributed by atoms with Crippen molar-refractivity contribution in [1.82, 2.24) is 5.32 Å². The quantitative estimate of drug-likeness (QED) is 0.709. The topological polar surface area (TPSA) is 61.4 Å². The van der Waals surface area contributed by atoms with Crippen molar-refractivity contribution in [2.75, 3.05) is 11.9 Å². The van der Waals surface area contributed by atoms with E-state index in [0.717, 1.165) is 25.8 Å². The van der Waals surface area contributed by atoms with Gasteiger partial charge in [0.05, 0.1) is 11.1 Å². The molecule has 1 atom stereocenters. The zero-order valence-corrected chi connectivity index (χ0v) is 10.1. The van der Waals surface area contributed by atoms with Gasteiger partial charge in [0.2, 0.25) is 5.91 Å². The second-order valence-electron chi connectivity index (χ2n) is 4.16. The number of amides is 1. The molecule has 0 unspecified atom stereocenters. The lowest BCUT2D eigenvalue weighted by atomic mass is 10.0. The molecule has 1 amide bonds. The first kappa shape index (κ1) is 12.2. The fourth-order valence-electron chi connectivity index (χ4n) is 1.89. The standard InChI is InChI=1S/C12H15ClN2O2/c13-9-7-8(4-5-11(9)16)15-12(17)10-3-1-2-6-14-10/h4-5,7,10,14,16H,1-3,6H2,(H,15,17)/t10-/m1/s1. The van der Waals surface area contributed by atoms with Crippen LogP contribution in [0.2, 0.25) is 5.02 Å². The van der Waals surface area contributed by atoms with Crippen molar-refractivity contribution in [3.05, 3.63) is 23.2 Å². The number of phenolic OH excluding ortho intramolecular Hbond substituents is 1. The normalized spacial score (nSPS) is 19.9. The van der Waals surface area contributed by atoms with Gasteiger partial charge in [-0.3, -0.25) is 4.79 Å². The Morgan fingerprint density at radius 1 is 1.47 bits per heavy atom. The zero-order valence-electron chi connectivity index (χ0n) is 9.37. The minimum Gasteiger partial charge on any atom is -0.506 e. The molecule has 1 aromatic rings. The number of carbonyl (C=O) groups excluding carboxylic acids is 1. The Morgan fingerprint density at radius 3 is 2.94 bits per heavy atom. The Hall–Kier alpha value is -1.26. The summed E-state index contributed by atoms with van der Waals surface area (Å²) in [4.78, 5) is 11.9. The van der Waals surface area contributed by atoms with Gasteiger partial charge in [-0.2, -0.15) is 0 Å². The number of piperidine rings is 1. The van der Waals surface area contributed by atoms with Gasteiger partial charge < -0.3 is 15.7 Å². The number of nitrogens with one attached hydrogen (secondary N) is 2. The highest BCUT2D eigenvalue weighted by Crippen LogP contribution is 2.26. The summed E-state index contributed by atoms with van der Waals surface area (Å²) in [6.07, 6.45) is 3.05. The fourth-order valence-corrected chi connectivity index (χ4v) is 2.07. The highest BCUT2D eigenvalue weighted by Gasteiger charge is 2.20. The maximum absolute atomic E-state index is 11.9. The van der Waals surface area contributed by atoms with Crippen molar-refractivity contribution in [2.24, 2.45) is 0 Å². The number of hydrogen-bond acceptors (Lipinski definition) is 3. The van der Waals surface area contributed by atoms with Crippen LogP contribution in [0.15, 0.2) is 18.2 Å². The Balaban J connectivity index is 1.99. The van der Waals surface area contributed by atoms with E-state index >= 15 is 0 Å². The summed E-state index contributed by atoms with van der Waals surface area (Å²) >= 11 is 5.77. The molecule has 1 aliphatic rings. The Labute approximate surface area is 105 Å². The first-order valence-electron chi connectivity index (χ1n) is 5.69. The molecule has 5 heteroatoms. The van der Waals surface area contributed by atoms with E-state index in [1.807, 2.05) is 0 Å². The van der Waals surface area contributed by atoms with E-state index in [0.29, 0.717) is 5.69 Å². The number of rotatable bonds is 2. The van der Waals surface area contributed by atoms with Gasteiger partial charge in [-0.15, -0.1) is 0 Å². The molecule has 1 heterocycles. The molecule has 17 heavy (non-hydrogen) atoms. The first-order valence-corrected chi connectivity index (χ1v) is 6.07. The van der Waals surface area contributed by atoms with Gasteiger partial charge in [0.25, 0.3) is 0 Å². The Kier molecular flexibility index (Phi) is 3.86. The molecule has 0 saturated carbocycles. The van der Waals surface area contributed by atoms with Crippen LogP contribution in [0.4, 0.5) is 5.69 Å². The lowest BCUT2D eigenvalue weighted by Gasteiger charge is -2.22. The predicted octanol–water partition coefficient (Wildman–Crippen LogP) is 2.13. The number of carbonyl (C=O) groups is 1. The molecule has 3 N–H and O–H groups in total. The van der Waals surface area contributed by atoms with Crippen molar-refractivity contribution in [3.8, 4) is 5.75 Å². The monoisotopic (exact) mass is 254 g/mol. The van der Waals surface area contributed by atoms with Crippen LogP contribution in [0.5, 0.6) is 5.75 Å². The number of hydrogen-bond donors (Lipinski definition) is 3. The summed E-state index contributed by atoms with van der Waals surface area (Å²) in [5, 5.41) is 15.5. The molecular weight excluding hydrogens is 240 g/mol. The van der Waals surface area contributed by atoms with Crippen molar-refractivity contribution in [1.29, 1.82) is 0 Å². The SMILES string of the molecule is O=C(Nc1ccc(O)c(Cl)c1)[C@H]1CCCCN1. The summed E-state index contributed by atoms with van der Waals surface area (Å²) in [7, 11) is 0. The minimum atomic E-state index is -0.128. The van der Waals surface area contributed by atoms with E-state index in [-0.39, 0.29) is 22.7 Å². The van der Waals surface area contributed by atoms with Crippen LogP contribution >= 0.6 is 11.6 Å². The van der Waals surface area contributed by atoms with Gasteiger partial charge in [0, 0.05) is 5.69 Å². The van der Waals surface area contributed by atoms with E-state index in [1.54, 1.807) is 6.07 Å². The molecule has 0 bridgehead atoms. The summed E-state index contributed by atoms with van der Waals surface area (Å²) in [5.41, 5.74) is 0.602. The zero-order chi connectivity index (χ0) is 12.3. The number of benzene rings is 1. The number of anilines is 1. The van der Waals surface area contributed by atoms with Gasteiger partial charge in [-0.25, -0.2) is 0 Å². The summed E-state index contributed by atoms with van der Waals surface area (Å²) in [6, 6.07) is 4.50. The highest BCUT2D eigenvalue weighted by molar-refractivity contribution is 6.32. The number of phenols is 1. The molecule has 0 radical (unpaired) electrons. The minimum absolute atomic E-state index is 0.0143. The van der Waals surface area contributed by atoms with Crippen LogP contribution in [-0.4, -0.2) is 23.6 Å². The summed E-state index contributed by atoms with van der Waals surface area (Å²) in [6.45, 7) is 0.883. The molecule has 2 rings (SSSR count). The Morgan fingerprint density at radius 2 is 2.29 bits per heavy atom. The van der Waals surface area contributed by atoms with Gasteiger partial charge in [-0.05, 0) is 37.6 Å². The third kappa shape index (κ3) is 3.11. The number of halogens is 1. The molecule has 0 aliphatic carbocycles. The smallest absolute Gasteiger partial charge is 0.241 e. The first-order chi connectivity index (χ1) is 8.16. The Bertz CT molecular complexity index is 417. The molecule has 0 aromatic heterocycles. The van der Waals surface area contributed by atoms with Crippen molar-refractivity contribution >= 4 is 23.2 Å². The second-order valence-corrected chi connectivity index (χ2v) is 4.57. The van der Waals surface area contributed by atoms with E-state index in [9.17, 15) is 9.90 Å². The molecule has 0 spiro atoms. The highest BCUT2D eigenvalue weighted by atomic mass is 35.5. The van der Waals surface area contributed by atoms with Gasteiger partial charge in [0.1, 0.15) is 5.75 Å². The maximum atomic E-state index is 11.9. The average Bonchev–Trinajstić information content (AvgIpc) is 2.35. The fraction of sp³-hybridized carbons (Fsp3) is 0.417. The lowest BCUT2D eigenvalue weighted by molar-refractivity contribution is -0.118. The van der Waals surface area contributed by atoms with Crippen LogP contribution in [-0.2, 0) is 4.79 Å². The van der Waals surface area contributed by atoms with Crippen LogP contribution in [0.1, 0.15) is 19.3 Å². The number of aromatic hydroxyl groups is 1. The van der Waals surface area contributed by atoms with Gasteiger partial charge in [-0.1, -0.05) is 18.0 Å². The molecule has 1 aliphatic heterocycles. The van der Waals surface area contributed by atoms with E-state index in [2.05, 4.69) is 10.6 Å². The predicted molar refractivity (Wildman–Crippen MR) is 67.4 cm³/mol. The second kappa shape index (κ2) is 5.38. The largest absolute Gasteiger partial charge is 0.506 e. The summed E-state index contributed by atoms with van der Waals surface area (Å²) < 4.78 is 0. The average molecular weight is 255 g/mol. The molecule has 1 saturated heterocycles. The van der Waals surface area contributed by atoms with Crippen LogP contribution in [0, 0.1) is 0 Å². The van der Waals surface area contributed by atoms with E-state index < -0.39 is 0 Å². The third-order valence-electron chi connectivity index (χ3n) is 2.84. The van der Waals surface area contributed by atoms with Gasteiger partial charge >= 0.3 is 0 Å². The third-order valence-corrected chi connectivity index (χ3v) is 3.14. The van der Waals surface area contributed by atoms with Crippen LogP contribution in [0.25, 0.3) is 0 Å². The van der Waals surface area contributed by atoms with Crippen LogP contribution < -0.4 is 10.6 Å². The maximum Gasteiger partial charge on any atom is 0.241 e. The van der Waals surface area contributed by atoms with Crippen molar-refractivity contribution in [2.45, 2.75) is 25.3 Å². The van der Waals surface area contributed by atoms with E-state index in [1.165, 1.54) is 12.1 Å². The molecule has 1 fully saturated rings. The molecule has 4 nitrogen and oxygen atoms in total. The molecule has 92 valence electrons. The molecular formula is C12H15ClN2O2. The lowest BCUT2D eigenvalue weighted by Crippen LogP contribution is -2.43. The van der Waals surface area contributed by atoms with Crippen molar-refractivity contribution < 1.29 is 9.90 Å². The van der Waals surface area contributed by atoms with Crippen molar-refractivity contribution in [3.63, 3.8) is 0 Å². The summed E-state index contributed by atoms with van der Waals surface area (Å²) in [5.74, 6) is -0.0353. The van der Waals surface area contributed by atoms with Crippen LogP contribution in [0.3, 0.4) is 0 Å².